The van der Waals surface area contributed by atoms with E-state index in [1.165, 1.54) is 0 Å². The van der Waals surface area contributed by atoms with E-state index < -0.39 is 15.4 Å². The van der Waals surface area contributed by atoms with Gasteiger partial charge in [0.05, 0.1) is 11.3 Å². The summed E-state index contributed by atoms with van der Waals surface area (Å²) in [7, 11) is -3.03. The number of nitrogens with two attached hydrogens (primary N) is 1. The summed E-state index contributed by atoms with van der Waals surface area (Å²) in [4.78, 5) is 11.8. The lowest BCUT2D eigenvalue weighted by Gasteiger charge is -2.31. The van der Waals surface area contributed by atoms with Gasteiger partial charge in [-0.3, -0.25) is 4.79 Å². The van der Waals surface area contributed by atoms with Crippen molar-refractivity contribution < 1.29 is 13.2 Å². The minimum absolute atomic E-state index is 0.0329. The highest BCUT2D eigenvalue weighted by Gasteiger charge is 2.34. The van der Waals surface area contributed by atoms with Crippen molar-refractivity contribution >= 4 is 15.7 Å². The largest absolute Gasteiger partial charge is 0.353 e. The summed E-state index contributed by atoms with van der Waals surface area (Å²) in [5, 5.41) is 2.61. The second kappa shape index (κ2) is 5.14. The molecule has 1 aliphatic rings. The predicted molar refractivity (Wildman–Crippen MR) is 62.7 cm³/mol. The molecule has 0 heterocycles. The lowest BCUT2D eigenvalue weighted by Crippen LogP contribution is -2.55. The zero-order valence-corrected chi connectivity index (χ0v) is 10.5. The van der Waals surface area contributed by atoms with Crippen LogP contribution < -0.4 is 11.1 Å². The van der Waals surface area contributed by atoms with Gasteiger partial charge in [0.2, 0.25) is 5.91 Å². The standard InChI is InChI=1S/C10H20N2O3S/c1-16(14,15)8-7-12-9(13)10(11)5-3-2-4-6-10/h2-8,11H2,1H3,(H,12,13). The molecule has 1 rings (SSSR count). The molecular formula is C10H20N2O3S. The number of hydrogen-bond acceptors (Lipinski definition) is 4. The first kappa shape index (κ1) is 13.4. The molecule has 1 saturated carbocycles. The van der Waals surface area contributed by atoms with Crippen molar-refractivity contribution in [2.75, 3.05) is 18.6 Å². The quantitative estimate of drug-likeness (QED) is 0.721. The summed E-state index contributed by atoms with van der Waals surface area (Å²) in [5.41, 5.74) is 5.21. The number of carbonyl (C=O) groups excluding carboxylic acids is 1. The smallest absolute Gasteiger partial charge is 0.240 e. The lowest BCUT2D eigenvalue weighted by atomic mass is 9.82. The predicted octanol–water partition coefficient (Wildman–Crippen LogP) is -0.191. The molecule has 1 amide bonds. The van der Waals surface area contributed by atoms with Gasteiger partial charge in [-0.05, 0) is 12.8 Å². The highest BCUT2D eigenvalue weighted by Crippen LogP contribution is 2.25. The van der Waals surface area contributed by atoms with Gasteiger partial charge in [-0.2, -0.15) is 0 Å². The van der Waals surface area contributed by atoms with Gasteiger partial charge in [0.1, 0.15) is 9.84 Å². The van der Waals surface area contributed by atoms with Crippen molar-refractivity contribution in [3.05, 3.63) is 0 Å². The first-order chi connectivity index (χ1) is 7.33. The average molecular weight is 248 g/mol. The van der Waals surface area contributed by atoms with Crippen molar-refractivity contribution in [2.45, 2.75) is 37.6 Å². The van der Waals surface area contributed by atoms with Crippen LogP contribution in [0, 0.1) is 0 Å². The lowest BCUT2D eigenvalue weighted by molar-refractivity contribution is -0.127. The summed E-state index contributed by atoms with van der Waals surface area (Å²) < 4.78 is 21.8. The topological polar surface area (TPSA) is 89.3 Å². The van der Waals surface area contributed by atoms with E-state index in [0.29, 0.717) is 12.8 Å². The van der Waals surface area contributed by atoms with E-state index >= 15 is 0 Å². The Morgan fingerprint density at radius 3 is 2.38 bits per heavy atom. The molecule has 0 bridgehead atoms. The van der Waals surface area contributed by atoms with E-state index in [1.54, 1.807) is 0 Å². The maximum atomic E-state index is 11.8. The van der Waals surface area contributed by atoms with E-state index in [-0.39, 0.29) is 18.2 Å². The number of sulfone groups is 1. The third kappa shape index (κ3) is 4.09. The van der Waals surface area contributed by atoms with Crippen molar-refractivity contribution in [1.29, 1.82) is 0 Å². The van der Waals surface area contributed by atoms with E-state index in [4.69, 9.17) is 5.73 Å². The Kier molecular flexibility index (Phi) is 4.32. The Bertz CT molecular complexity index is 345. The Balaban J connectivity index is 2.39. The Morgan fingerprint density at radius 1 is 1.31 bits per heavy atom. The van der Waals surface area contributed by atoms with E-state index in [0.717, 1.165) is 25.5 Å². The molecule has 0 aromatic rings. The zero-order valence-electron chi connectivity index (χ0n) is 9.66. The van der Waals surface area contributed by atoms with Gasteiger partial charge < -0.3 is 11.1 Å². The third-order valence-electron chi connectivity index (χ3n) is 2.96. The summed E-state index contributed by atoms with van der Waals surface area (Å²) in [6, 6.07) is 0. The summed E-state index contributed by atoms with van der Waals surface area (Å²) in [5.74, 6) is -0.245. The monoisotopic (exact) mass is 248 g/mol. The molecule has 0 spiro atoms. The van der Waals surface area contributed by atoms with Gasteiger partial charge in [0, 0.05) is 12.8 Å². The molecule has 5 nitrogen and oxygen atoms in total. The van der Waals surface area contributed by atoms with Crippen LogP contribution in [0.25, 0.3) is 0 Å². The van der Waals surface area contributed by atoms with Crippen molar-refractivity contribution in [2.24, 2.45) is 5.73 Å². The number of rotatable bonds is 4. The molecule has 0 aromatic heterocycles. The normalized spacial score (nSPS) is 20.4. The summed E-state index contributed by atoms with van der Waals surface area (Å²) >= 11 is 0. The first-order valence-electron chi connectivity index (χ1n) is 5.58. The minimum Gasteiger partial charge on any atom is -0.353 e. The molecule has 94 valence electrons. The molecule has 0 radical (unpaired) electrons. The fourth-order valence-electron chi connectivity index (χ4n) is 1.94. The van der Waals surface area contributed by atoms with Crippen molar-refractivity contribution in [3.63, 3.8) is 0 Å². The van der Waals surface area contributed by atoms with Gasteiger partial charge in [-0.15, -0.1) is 0 Å². The van der Waals surface area contributed by atoms with Crippen LogP contribution >= 0.6 is 0 Å². The fraction of sp³-hybridized carbons (Fsp3) is 0.900. The molecule has 0 atom stereocenters. The molecule has 0 unspecified atom stereocenters. The fourth-order valence-corrected chi connectivity index (χ4v) is 2.41. The van der Waals surface area contributed by atoms with E-state index in [2.05, 4.69) is 5.32 Å². The Labute approximate surface area is 96.7 Å². The highest BCUT2D eigenvalue weighted by atomic mass is 32.2. The molecule has 3 N–H and O–H groups in total. The van der Waals surface area contributed by atoms with Crippen molar-refractivity contribution in [3.8, 4) is 0 Å². The van der Waals surface area contributed by atoms with Crippen LogP contribution in [-0.4, -0.2) is 38.4 Å². The summed E-state index contributed by atoms with van der Waals surface area (Å²) in [6.07, 6.45) is 5.59. The third-order valence-corrected chi connectivity index (χ3v) is 3.90. The Morgan fingerprint density at radius 2 is 1.88 bits per heavy atom. The van der Waals surface area contributed by atoms with Crippen LogP contribution in [0.3, 0.4) is 0 Å². The number of nitrogens with one attached hydrogen (secondary N) is 1. The molecule has 1 aliphatic carbocycles. The minimum atomic E-state index is -3.03. The second-order valence-corrected chi connectivity index (χ2v) is 6.86. The van der Waals surface area contributed by atoms with Crippen LogP contribution in [0.1, 0.15) is 32.1 Å². The molecule has 16 heavy (non-hydrogen) atoms. The molecule has 0 aliphatic heterocycles. The molecule has 6 heteroatoms. The SMILES string of the molecule is CS(=O)(=O)CCNC(=O)C1(N)CCCCC1. The van der Waals surface area contributed by atoms with Gasteiger partial charge in [0.15, 0.2) is 0 Å². The van der Waals surface area contributed by atoms with Crippen LogP contribution in [0.15, 0.2) is 0 Å². The molecule has 0 saturated heterocycles. The zero-order chi connectivity index (χ0) is 12.2. The van der Waals surface area contributed by atoms with E-state index in [9.17, 15) is 13.2 Å². The maximum absolute atomic E-state index is 11.8. The summed E-state index contributed by atoms with van der Waals surface area (Å²) in [6.45, 7) is 0.149. The Hall–Kier alpha value is -0.620. The van der Waals surface area contributed by atoms with Gasteiger partial charge in [-0.1, -0.05) is 19.3 Å². The van der Waals surface area contributed by atoms with Crippen LogP contribution in [0.5, 0.6) is 0 Å². The van der Waals surface area contributed by atoms with Gasteiger partial charge >= 0.3 is 0 Å². The maximum Gasteiger partial charge on any atom is 0.240 e. The van der Waals surface area contributed by atoms with E-state index in [1.807, 2.05) is 0 Å². The molecular weight excluding hydrogens is 228 g/mol. The van der Waals surface area contributed by atoms with Crippen LogP contribution in [0.4, 0.5) is 0 Å². The van der Waals surface area contributed by atoms with Gasteiger partial charge in [0.25, 0.3) is 0 Å². The second-order valence-electron chi connectivity index (χ2n) is 4.60. The van der Waals surface area contributed by atoms with Crippen molar-refractivity contribution in [1.82, 2.24) is 5.32 Å². The van der Waals surface area contributed by atoms with Crippen LogP contribution in [0.2, 0.25) is 0 Å². The van der Waals surface area contributed by atoms with Gasteiger partial charge in [-0.25, -0.2) is 8.42 Å². The molecule has 1 fully saturated rings. The number of carbonyl (C=O) groups is 1. The first-order valence-corrected chi connectivity index (χ1v) is 7.64. The number of amides is 1. The highest BCUT2D eigenvalue weighted by molar-refractivity contribution is 7.90. The average Bonchev–Trinajstić information content (AvgIpc) is 2.16. The number of hydrogen-bond donors (Lipinski definition) is 2. The molecule has 0 aromatic carbocycles. The van der Waals surface area contributed by atoms with Crippen LogP contribution in [-0.2, 0) is 14.6 Å².